The van der Waals surface area contributed by atoms with E-state index in [-0.39, 0.29) is 20.6 Å². The van der Waals surface area contributed by atoms with E-state index in [4.69, 9.17) is 0 Å². The Hall–Kier alpha value is -2.39. The van der Waals surface area contributed by atoms with Crippen LogP contribution < -0.4 is 5.56 Å². The Morgan fingerprint density at radius 3 is 2.40 bits per heavy atom. The van der Waals surface area contributed by atoms with Crippen LogP contribution in [0.1, 0.15) is 5.56 Å². The van der Waals surface area contributed by atoms with Gasteiger partial charge in [-0.05, 0) is 25.1 Å². The van der Waals surface area contributed by atoms with Crippen molar-refractivity contribution in [1.82, 2.24) is 14.5 Å². The first-order valence-corrected chi connectivity index (χ1v) is 10.3. The highest BCUT2D eigenvalue weighted by Crippen LogP contribution is 2.21. The lowest BCUT2D eigenvalue weighted by molar-refractivity contribution is 0.593. The van der Waals surface area contributed by atoms with Gasteiger partial charge in [-0.1, -0.05) is 17.7 Å². The highest BCUT2D eigenvalue weighted by molar-refractivity contribution is 7.91. The molecule has 0 amide bonds. The summed E-state index contributed by atoms with van der Waals surface area (Å²) in [6.07, 6.45) is 2.79. The molecule has 1 aromatic carbocycles. The van der Waals surface area contributed by atoms with Crippen molar-refractivity contribution >= 4 is 31.7 Å². The predicted molar refractivity (Wildman–Crippen MR) is 93.7 cm³/mol. The number of nitrogens with zero attached hydrogens (tertiary/aromatic N) is 3. The monoisotopic (exact) mass is 377 g/mol. The number of hydrogen-bond acceptors (Lipinski definition) is 6. The summed E-state index contributed by atoms with van der Waals surface area (Å²) < 4.78 is 38.3. The molecule has 0 N–H and O–H groups in total. The molecule has 1 unspecified atom stereocenters. The van der Waals surface area contributed by atoms with Crippen molar-refractivity contribution in [3.8, 4) is 0 Å². The molecule has 0 aliphatic heterocycles. The van der Waals surface area contributed by atoms with Crippen LogP contribution in [0, 0.1) is 6.92 Å². The van der Waals surface area contributed by atoms with Crippen LogP contribution in [0.2, 0.25) is 0 Å². The molecule has 0 aliphatic carbocycles. The van der Waals surface area contributed by atoms with Gasteiger partial charge in [-0.15, -0.1) is 0 Å². The molecule has 9 heteroatoms. The Balaban J connectivity index is 2.29. The van der Waals surface area contributed by atoms with Crippen LogP contribution in [0.25, 0.3) is 11.0 Å². The fourth-order valence-corrected chi connectivity index (χ4v) is 4.19. The first-order valence-electron chi connectivity index (χ1n) is 7.24. The molecule has 25 heavy (non-hydrogen) atoms. The molecule has 7 nitrogen and oxygen atoms in total. The zero-order valence-electron chi connectivity index (χ0n) is 13.8. The summed E-state index contributed by atoms with van der Waals surface area (Å²) in [5.74, 6) is 0. The van der Waals surface area contributed by atoms with E-state index in [2.05, 4.69) is 9.97 Å². The van der Waals surface area contributed by atoms with E-state index >= 15 is 0 Å². The van der Waals surface area contributed by atoms with E-state index in [9.17, 15) is 17.4 Å². The second kappa shape index (κ2) is 6.16. The lowest BCUT2D eigenvalue weighted by Gasteiger charge is -2.09. The van der Waals surface area contributed by atoms with Gasteiger partial charge >= 0.3 is 0 Å². The molecular formula is C16H15N3O4S2. The Morgan fingerprint density at radius 2 is 1.80 bits per heavy atom. The Bertz CT molecular complexity index is 1170. The van der Waals surface area contributed by atoms with E-state index in [0.717, 1.165) is 10.1 Å². The van der Waals surface area contributed by atoms with E-state index < -0.39 is 26.2 Å². The molecule has 3 aromatic rings. The van der Waals surface area contributed by atoms with Crippen molar-refractivity contribution in [2.75, 3.05) is 6.26 Å². The van der Waals surface area contributed by atoms with E-state index in [1.165, 1.54) is 37.7 Å². The van der Waals surface area contributed by atoms with Crippen LogP contribution >= 0.6 is 0 Å². The summed E-state index contributed by atoms with van der Waals surface area (Å²) in [6, 6.07) is 7.53. The molecule has 130 valence electrons. The summed E-state index contributed by atoms with van der Waals surface area (Å²) in [5.41, 5.74) is 0.450. The molecule has 0 saturated carbocycles. The van der Waals surface area contributed by atoms with Crippen LogP contribution in [-0.2, 0) is 27.7 Å². The predicted octanol–water partition coefficient (Wildman–Crippen LogP) is 1.21. The number of pyridine rings is 1. The van der Waals surface area contributed by atoms with Crippen LogP contribution in [0.15, 0.2) is 56.3 Å². The third-order valence-electron chi connectivity index (χ3n) is 3.77. The second-order valence-corrected chi connectivity index (χ2v) is 8.77. The number of benzene rings is 1. The lowest BCUT2D eigenvalue weighted by atomic mass is 10.2. The van der Waals surface area contributed by atoms with Crippen molar-refractivity contribution in [1.29, 1.82) is 0 Å². The van der Waals surface area contributed by atoms with Crippen molar-refractivity contribution < 1.29 is 12.6 Å². The fraction of sp³-hybridized carbons (Fsp3) is 0.188. The molecule has 2 aromatic heterocycles. The highest BCUT2D eigenvalue weighted by Gasteiger charge is 2.24. The number of aryl methyl sites for hydroxylation is 2. The Kier molecular flexibility index (Phi) is 4.29. The normalized spacial score (nSPS) is 13.1. The molecule has 2 heterocycles. The summed E-state index contributed by atoms with van der Waals surface area (Å²) >= 11 is 0. The quantitative estimate of drug-likeness (QED) is 0.636. The number of sulfone groups is 1. The Labute approximate surface area is 146 Å². The number of aromatic nitrogens is 3. The maximum absolute atomic E-state index is 12.8. The van der Waals surface area contributed by atoms with Gasteiger partial charge < -0.3 is 0 Å². The van der Waals surface area contributed by atoms with E-state index in [0.29, 0.717) is 5.39 Å². The molecule has 0 saturated heterocycles. The number of fused-ring (bicyclic) bond motifs is 1. The lowest BCUT2D eigenvalue weighted by Crippen LogP contribution is -2.25. The zero-order chi connectivity index (χ0) is 18.4. The minimum atomic E-state index is -3.98. The average Bonchev–Trinajstić information content (AvgIpc) is 2.58. The fourth-order valence-electron chi connectivity index (χ4n) is 2.38. The smallest absolute Gasteiger partial charge is 0.271 e. The average molecular weight is 377 g/mol. The second-order valence-electron chi connectivity index (χ2n) is 5.57. The third kappa shape index (κ3) is 3.00. The van der Waals surface area contributed by atoms with Gasteiger partial charge in [0.05, 0.1) is 15.7 Å². The highest BCUT2D eigenvalue weighted by atomic mass is 32.2. The molecule has 0 radical (unpaired) electrons. The van der Waals surface area contributed by atoms with Crippen LogP contribution in [0.3, 0.4) is 0 Å². The maximum atomic E-state index is 12.8. The molecular weight excluding hydrogens is 362 g/mol. The largest absolute Gasteiger partial charge is 0.295 e. The number of hydrogen-bond donors (Lipinski definition) is 0. The van der Waals surface area contributed by atoms with Crippen molar-refractivity contribution in [3.63, 3.8) is 0 Å². The summed E-state index contributed by atoms with van der Waals surface area (Å²) in [5, 5.41) is 0.457. The van der Waals surface area contributed by atoms with Gasteiger partial charge in [0.2, 0.25) is 15.0 Å². The van der Waals surface area contributed by atoms with Gasteiger partial charge in [-0.2, -0.15) is 0 Å². The molecule has 0 aliphatic rings. The molecule has 0 bridgehead atoms. The zero-order valence-corrected chi connectivity index (χ0v) is 15.4. The minimum Gasteiger partial charge on any atom is -0.295 e. The van der Waals surface area contributed by atoms with Crippen LogP contribution in [0.5, 0.6) is 0 Å². The standard InChI is InChI=1S/C16H15N3O4S2/c1-10-4-6-12(7-5-10)25(22,23)13-8-11-9-17-16(24(3)21)18-14(11)19(2)15(13)20/h4-9H,1-3H3. The topological polar surface area (TPSA) is 99.0 Å². The van der Waals surface area contributed by atoms with Gasteiger partial charge in [0.25, 0.3) is 5.56 Å². The van der Waals surface area contributed by atoms with E-state index in [1.54, 1.807) is 12.1 Å². The maximum Gasteiger partial charge on any atom is 0.271 e. The van der Waals surface area contributed by atoms with Crippen molar-refractivity contribution in [2.24, 2.45) is 7.05 Å². The van der Waals surface area contributed by atoms with E-state index in [1.807, 2.05) is 6.92 Å². The van der Waals surface area contributed by atoms with Crippen LogP contribution in [-0.4, -0.2) is 33.4 Å². The summed E-state index contributed by atoms with van der Waals surface area (Å²) in [4.78, 5) is 20.4. The van der Waals surface area contributed by atoms with Crippen molar-refractivity contribution in [2.45, 2.75) is 21.9 Å². The SMILES string of the molecule is Cc1ccc(S(=O)(=O)c2cc3cnc(S(C)=O)nc3n(C)c2=O)cc1. The number of rotatable bonds is 3. The molecule has 0 fully saturated rings. The van der Waals surface area contributed by atoms with Gasteiger partial charge in [-0.3, -0.25) is 13.6 Å². The molecule has 1 atom stereocenters. The summed E-state index contributed by atoms with van der Waals surface area (Å²) in [6.45, 7) is 1.85. The van der Waals surface area contributed by atoms with Gasteiger partial charge in [0.15, 0.2) is 0 Å². The van der Waals surface area contributed by atoms with Gasteiger partial charge in [-0.25, -0.2) is 18.4 Å². The third-order valence-corrected chi connectivity index (χ3v) is 6.25. The summed E-state index contributed by atoms with van der Waals surface area (Å²) in [7, 11) is -3.96. The first-order chi connectivity index (χ1) is 11.7. The molecule has 0 spiro atoms. The van der Waals surface area contributed by atoms with Crippen molar-refractivity contribution in [3.05, 3.63) is 52.4 Å². The first kappa shape index (κ1) is 17.4. The van der Waals surface area contributed by atoms with Gasteiger partial charge in [0, 0.05) is 24.9 Å². The Morgan fingerprint density at radius 1 is 1.16 bits per heavy atom. The van der Waals surface area contributed by atoms with Crippen LogP contribution in [0.4, 0.5) is 0 Å². The molecule has 3 rings (SSSR count). The minimum absolute atomic E-state index is 0.0433. The van der Waals surface area contributed by atoms with Gasteiger partial charge in [0.1, 0.15) is 10.5 Å².